The van der Waals surface area contributed by atoms with Crippen LogP contribution in [0.15, 0.2) is 51.8 Å². The van der Waals surface area contributed by atoms with Gasteiger partial charge >= 0.3 is 0 Å². The quantitative estimate of drug-likeness (QED) is 0.822. The smallest absolute Gasteiger partial charge is 0.262 e. The molecule has 0 saturated heterocycles. The molecule has 0 bridgehead atoms. The van der Waals surface area contributed by atoms with Gasteiger partial charge in [-0.25, -0.2) is 8.42 Å². The Morgan fingerprint density at radius 2 is 1.89 bits per heavy atom. The van der Waals surface area contributed by atoms with E-state index >= 15 is 0 Å². The summed E-state index contributed by atoms with van der Waals surface area (Å²) in [6, 6.07) is 10.9. The van der Waals surface area contributed by atoms with Crippen molar-refractivity contribution in [3.8, 4) is 0 Å². The molecular weight excluding hydrogens is 352 g/mol. The number of sulfonamides is 1. The molecule has 2 aromatic rings. The molecule has 3 N–H and O–H groups in total. The van der Waals surface area contributed by atoms with Gasteiger partial charge in [0.2, 0.25) is 0 Å². The lowest BCUT2D eigenvalue weighted by molar-refractivity contribution is 0.601. The third kappa shape index (κ3) is 3.40. The molecule has 0 aliphatic heterocycles. The number of hydrogen-bond donors (Lipinski definition) is 2. The van der Waals surface area contributed by atoms with Crippen molar-refractivity contribution >= 4 is 48.9 Å². The van der Waals surface area contributed by atoms with Gasteiger partial charge in [-0.15, -0.1) is 0 Å². The molecule has 0 aromatic heterocycles. The molecule has 2 rings (SSSR count). The van der Waals surface area contributed by atoms with Crippen molar-refractivity contribution in [2.75, 3.05) is 10.5 Å². The van der Waals surface area contributed by atoms with Crippen molar-refractivity contribution < 1.29 is 8.42 Å². The second kappa shape index (κ2) is 5.40. The van der Waals surface area contributed by atoms with E-state index in [-0.39, 0.29) is 4.90 Å². The predicted molar refractivity (Wildman–Crippen MR) is 80.8 cm³/mol. The van der Waals surface area contributed by atoms with E-state index in [0.717, 1.165) is 0 Å². The fourth-order valence-electron chi connectivity index (χ4n) is 1.46. The standard InChI is InChI=1S/C12H10BrClN2O2S/c13-11-5-4-8(14)6-12(11)16-19(17,18)10-3-1-2-9(15)7-10/h1-7,16H,15H2. The largest absolute Gasteiger partial charge is 0.399 e. The van der Waals surface area contributed by atoms with Gasteiger partial charge in [-0.3, -0.25) is 4.72 Å². The molecule has 7 heteroatoms. The summed E-state index contributed by atoms with van der Waals surface area (Å²) in [7, 11) is -3.69. The highest BCUT2D eigenvalue weighted by Crippen LogP contribution is 2.28. The highest BCUT2D eigenvalue weighted by molar-refractivity contribution is 9.10. The fourth-order valence-corrected chi connectivity index (χ4v) is 3.24. The van der Waals surface area contributed by atoms with Crippen LogP contribution < -0.4 is 10.5 Å². The van der Waals surface area contributed by atoms with Gasteiger partial charge < -0.3 is 5.73 Å². The summed E-state index contributed by atoms with van der Waals surface area (Å²) >= 11 is 9.10. The van der Waals surface area contributed by atoms with Gasteiger partial charge in [-0.1, -0.05) is 17.7 Å². The molecule has 0 amide bonds. The summed E-state index contributed by atoms with van der Waals surface area (Å²) in [6.07, 6.45) is 0. The lowest BCUT2D eigenvalue weighted by Gasteiger charge is -2.10. The third-order valence-electron chi connectivity index (χ3n) is 2.34. The van der Waals surface area contributed by atoms with Crippen molar-refractivity contribution in [2.24, 2.45) is 0 Å². The Balaban J connectivity index is 2.39. The van der Waals surface area contributed by atoms with E-state index < -0.39 is 10.0 Å². The molecule has 4 nitrogen and oxygen atoms in total. The van der Waals surface area contributed by atoms with Crippen LogP contribution in [-0.2, 0) is 10.0 Å². The average molecular weight is 362 g/mol. The van der Waals surface area contributed by atoms with Crippen LogP contribution in [0.4, 0.5) is 11.4 Å². The van der Waals surface area contributed by atoms with E-state index in [1.54, 1.807) is 24.3 Å². The molecule has 0 radical (unpaired) electrons. The van der Waals surface area contributed by atoms with Crippen LogP contribution in [0.5, 0.6) is 0 Å². The summed E-state index contributed by atoms with van der Waals surface area (Å²) in [5.41, 5.74) is 6.33. The third-order valence-corrected chi connectivity index (χ3v) is 4.63. The number of nitrogens with two attached hydrogens (primary N) is 1. The Morgan fingerprint density at radius 3 is 2.58 bits per heavy atom. The predicted octanol–water partition coefficient (Wildman–Crippen LogP) is 3.49. The van der Waals surface area contributed by atoms with E-state index in [4.69, 9.17) is 17.3 Å². The molecule has 2 aromatic carbocycles. The first-order valence-electron chi connectivity index (χ1n) is 5.22. The van der Waals surface area contributed by atoms with Crippen LogP contribution in [0.2, 0.25) is 5.02 Å². The highest BCUT2D eigenvalue weighted by Gasteiger charge is 2.15. The second-order valence-electron chi connectivity index (χ2n) is 3.80. The Morgan fingerprint density at radius 1 is 1.16 bits per heavy atom. The number of rotatable bonds is 3. The molecule has 0 aliphatic rings. The van der Waals surface area contributed by atoms with Crippen molar-refractivity contribution in [3.63, 3.8) is 0 Å². The van der Waals surface area contributed by atoms with Gasteiger partial charge in [0, 0.05) is 15.2 Å². The van der Waals surface area contributed by atoms with Crippen molar-refractivity contribution in [1.82, 2.24) is 0 Å². The summed E-state index contributed by atoms with van der Waals surface area (Å²) in [5, 5.41) is 0.438. The maximum absolute atomic E-state index is 12.2. The fraction of sp³-hybridized carbons (Fsp3) is 0. The van der Waals surface area contributed by atoms with Crippen LogP contribution >= 0.6 is 27.5 Å². The lowest BCUT2D eigenvalue weighted by Crippen LogP contribution is -2.13. The van der Waals surface area contributed by atoms with Crippen molar-refractivity contribution in [3.05, 3.63) is 52.0 Å². The van der Waals surface area contributed by atoms with E-state index in [0.29, 0.717) is 20.9 Å². The zero-order chi connectivity index (χ0) is 14.0. The normalized spacial score (nSPS) is 11.3. The second-order valence-corrected chi connectivity index (χ2v) is 6.78. The first kappa shape index (κ1) is 14.2. The SMILES string of the molecule is Nc1cccc(S(=O)(=O)Nc2cc(Cl)ccc2Br)c1. The minimum atomic E-state index is -3.69. The van der Waals surface area contributed by atoms with E-state index in [9.17, 15) is 8.42 Å². The molecule has 0 heterocycles. The number of halogens is 2. The number of nitrogens with one attached hydrogen (secondary N) is 1. The van der Waals surface area contributed by atoms with Gasteiger partial charge in [0.25, 0.3) is 10.0 Å². The van der Waals surface area contributed by atoms with Gasteiger partial charge in [-0.05, 0) is 52.3 Å². The first-order chi connectivity index (χ1) is 8.88. The number of hydrogen-bond acceptors (Lipinski definition) is 3. The Hall–Kier alpha value is -1.24. The number of anilines is 2. The molecule has 19 heavy (non-hydrogen) atoms. The zero-order valence-electron chi connectivity index (χ0n) is 9.60. The molecule has 100 valence electrons. The molecular formula is C12H10BrClN2O2S. The number of nitrogen functional groups attached to an aromatic ring is 1. The molecule has 0 unspecified atom stereocenters. The summed E-state index contributed by atoms with van der Waals surface area (Å²) in [4.78, 5) is 0.0966. The van der Waals surface area contributed by atoms with Gasteiger partial charge in [-0.2, -0.15) is 0 Å². The Bertz CT molecular complexity index is 719. The maximum Gasteiger partial charge on any atom is 0.262 e. The minimum absolute atomic E-state index is 0.0966. The van der Waals surface area contributed by atoms with Crippen LogP contribution in [0.25, 0.3) is 0 Å². The molecule has 0 fully saturated rings. The van der Waals surface area contributed by atoms with E-state index in [2.05, 4.69) is 20.7 Å². The van der Waals surface area contributed by atoms with Gasteiger partial charge in [0.05, 0.1) is 10.6 Å². The Kier molecular flexibility index (Phi) is 4.03. The summed E-state index contributed by atoms with van der Waals surface area (Å²) < 4.78 is 27.4. The average Bonchev–Trinajstić information content (AvgIpc) is 2.33. The van der Waals surface area contributed by atoms with Gasteiger partial charge in [0.1, 0.15) is 0 Å². The summed E-state index contributed by atoms with van der Waals surface area (Å²) in [5.74, 6) is 0. The summed E-state index contributed by atoms with van der Waals surface area (Å²) in [6.45, 7) is 0. The lowest BCUT2D eigenvalue weighted by atomic mass is 10.3. The molecule has 0 aliphatic carbocycles. The van der Waals surface area contributed by atoms with Crippen LogP contribution in [0, 0.1) is 0 Å². The molecule has 0 spiro atoms. The van der Waals surface area contributed by atoms with Crippen LogP contribution in [-0.4, -0.2) is 8.42 Å². The van der Waals surface area contributed by atoms with Gasteiger partial charge in [0.15, 0.2) is 0 Å². The first-order valence-corrected chi connectivity index (χ1v) is 7.87. The number of benzene rings is 2. The van der Waals surface area contributed by atoms with Crippen molar-refractivity contribution in [2.45, 2.75) is 4.90 Å². The minimum Gasteiger partial charge on any atom is -0.399 e. The molecule has 0 atom stereocenters. The van der Waals surface area contributed by atoms with E-state index in [1.165, 1.54) is 18.2 Å². The Labute approximate surface area is 124 Å². The zero-order valence-corrected chi connectivity index (χ0v) is 12.8. The maximum atomic E-state index is 12.2. The topological polar surface area (TPSA) is 72.2 Å². The highest BCUT2D eigenvalue weighted by atomic mass is 79.9. The van der Waals surface area contributed by atoms with Crippen LogP contribution in [0.1, 0.15) is 0 Å². The van der Waals surface area contributed by atoms with E-state index in [1.807, 2.05) is 0 Å². The molecule has 0 saturated carbocycles. The van der Waals surface area contributed by atoms with Crippen molar-refractivity contribution in [1.29, 1.82) is 0 Å². The van der Waals surface area contributed by atoms with Crippen LogP contribution in [0.3, 0.4) is 0 Å². The monoisotopic (exact) mass is 360 g/mol.